The van der Waals surface area contributed by atoms with Crippen molar-refractivity contribution in [2.75, 3.05) is 52.5 Å². The standard InChI is InChI=1S/C26H31NO6.C7H13N/c28-24(27-15-13-26(14-16-27,25(29)30)21-6-2-1-3-7-21)20-9-11-22(12-10-20)31-17-5-4-8-23-32-18-19-33-23;1-4-8-5-2-7(1)3-6-8/h1-3,6-7,9-12,23H,4-5,8,13-19H2,(H,29,30);7H,1-6H2. The molecular formula is C33H44N2O6. The van der Waals surface area contributed by atoms with Crippen molar-refractivity contribution in [3.8, 4) is 5.75 Å². The molecule has 5 aliphatic heterocycles. The molecule has 8 heteroatoms. The van der Waals surface area contributed by atoms with E-state index >= 15 is 0 Å². The molecule has 0 radical (unpaired) electrons. The van der Waals surface area contributed by atoms with Gasteiger partial charge in [-0.3, -0.25) is 9.59 Å². The van der Waals surface area contributed by atoms with Crippen LogP contribution in [0.25, 0.3) is 0 Å². The molecule has 222 valence electrons. The molecule has 7 rings (SSSR count). The van der Waals surface area contributed by atoms with Gasteiger partial charge in [-0.05, 0) is 107 Å². The predicted octanol–water partition coefficient (Wildman–Crippen LogP) is 4.97. The van der Waals surface area contributed by atoms with Crippen LogP contribution in [0.2, 0.25) is 0 Å². The summed E-state index contributed by atoms with van der Waals surface area (Å²) in [6, 6.07) is 16.5. The Balaban J connectivity index is 0.000000358. The molecule has 0 atom stereocenters. The van der Waals surface area contributed by atoms with Gasteiger partial charge in [0.1, 0.15) is 5.75 Å². The summed E-state index contributed by atoms with van der Waals surface area (Å²) in [6.07, 6.45) is 7.94. The highest BCUT2D eigenvalue weighted by atomic mass is 16.7. The number of carboxylic acids is 1. The number of rotatable bonds is 9. The SMILES string of the molecule is C1CN2CCC1CC2.O=C(c1ccc(OCCCCC2OCCO2)cc1)N1CCC(C(=O)O)(c2ccccc2)CC1. The number of fused-ring (bicyclic) bond motifs is 3. The molecule has 0 aromatic heterocycles. The number of unbranched alkanes of at least 4 members (excludes halogenated alkanes) is 1. The van der Waals surface area contributed by atoms with Gasteiger partial charge in [0.25, 0.3) is 5.91 Å². The zero-order valence-corrected chi connectivity index (χ0v) is 24.0. The molecule has 0 unspecified atom stereocenters. The van der Waals surface area contributed by atoms with Crippen LogP contribution in [0.5, 0.6) is 5.75 Å². The van der Waals surface area contributed by atoms with Crippen LogP contribution >= 0.6 is 0 Å². The molecule has 41 heavy (non-hydrogen) atoms. The number of piperidine rings is 4. The molecule has 5 saturated heterocycles. The number of hydrogen-bond acceptors (Lipinski definition) is 6. The first-order valence-electron chi connectivity index (χ1n) is 15.3. The summed E-state index contributed by atoms with van der Waals surface area (Å²) in [5.74, 6) is 0.934. The lowest BCUT2D eigenvalue weighted by molar-refractivity contribution is -0.145. The highest BCUT2D eigenvalue weighted by Gasteiger charge is 2.43. The van der Waals surface area contributed by atoms with Crippen LogP contribution in [0.4, 0.5) is 0 Å². The van der Waals surface area contributed by atoms with Crippen LogP contribution in [-0.2, 0) is 19.7 Å². The van der Waals surface area contributed by atoms with Gasteiger partial charge in [0.2, 0.25) is 0 Å². The number of aliphatic carboxylic acids is 1. The second-order valence-electron chi connectivity index (χ2n) is 11.7. The van der Waals surface area contributed by atoms with Crippen molar-refractivity contribution in [2.45, 2.75) is 63.1 Å². The Hall–Kier alpha value is -2.94. The number of amides is 1. The van der Waals surface area contributed by atoms with Gasteiger partial charge < -0.3 is 29.1 Å². The Labute approximate surface area is 243 Å². The van der Waals surface area contributed by atoms with Crippen molar-refractivity contribution >= 4 is 11.9 Å². The van der Waals surface area contributed by atoms with Gasteiger partial charge in [0, 0.05) is 18.7 Å². The third-order valence-electron chi connectivity index (χ3n) is 9.10. The lowest BCUT2D eigenvalue weighted by atomic mass is 9.73. The fraction of sp³-hybridized carbons (Fsp3) is 0.576. The van der Waals surface area contributed by atoms with E-state index in [0.29, 0.717) is 51.3 Å². The maximum atomic E-state index is 13.0. The number of hydrogen-bond donors (Lipinski definition) is 1. The van der Waals surface area contributed by atoms with Crippen molar-refractivity contribution in [1.29, 1.82) is 0 Å². The Morgan fingerprint density at radius 3 is 2.02 bits per heavy atom. The summed E-state index contributed by atoms with van der Waals surface area (Å²) in [7, 11) is 0. The van der Waals surface area contributed by atoms with Gasteiger partial charge in [-0.2, -0.15) is 0 Å². The molecule has 0 saturated carbocycles. The third kappa shape index (κ3) is 7.67. The van der Waals surface area contributed by atoms with Crippen LogP contribution in [0.1, 0.15) is 67.3 Å². The average molecular weight is 565 g/mol. The van der Waals surface area contributed by atoms with Gasteiger partial charge in [0.05, 0.1) is 25.2 Å². The van der Waals surface area contributed by atoms with Gasteiger partial charge in [0.15, 0.2) is 6.29 Å². The van der Waals surface area contributed by atoms with E-state index in [2.05, 4.69) is 4.90 Å². The summed E-state index contributed by atoms with van der Waals surface area (Å²) < 4.78 is 16.6. The van der Waals surface area contributed by atoms with E-state index in [-0.39, 0.29) is 12.2 Å². The van der Waals surface area contributed by atoms with Crippen molar-refractivity contribution in [3.63, 3.8) is 0 Å². The summed E-state index contributed by atoms with van der Waals surface area (Å²) in [4.78, 5) is 29.4. The van der Waals surface area contributed by atoms with E-state index in [1.165, 1.54) is 38.9 Å². The van der Waals surface area contributed by atoms with Crippen molar-refractivity contribution in [2.24, 2.45) is 5.92 Å². The molecule has 5 heterocycles. The molecule has 0 spiro atoms. The molecule has 5 fully saturated rings. The van der Waals surface area contributed by atoms with Gasteiger partial charge in [-0.1, -0.05) is 30.3 Å². The number of nitrogens with zero attached hydrogens (tertiary/aromatic N) is 2. The summed E-state index contributed by atoms with van der Waals surface area (Å²) in [5.41, 5.74) is 0.445. The molecule has 0 aliphatic carbocycles. The maximum absolute atomic E-state index is 13.0. The summed E-state index contributed by atoms with van der Waals surface area (Å²) >= 11 is 0. The summed E-state index contributed by atoms with van der Waals surface area (Å²) in [5, 5.41) is 9.94. The second-order valence-corrected chi connectivity index (χ2v) is 11.7. The number of carbonyl (C=O) groups excluding carboxylic acids is 1. The fourth-order valence-corrected chi connectivity index (χ4v) is 6.39. The average Bonchev–Trinajstić information content (AvgIpc) is 3.56. The van der Waals surface area contributed by atoms with Crippen LogP contribution in [0, 0.1) is 5.92 Å². The zero-order valence-electron chi connectivity index (χ0n) is 24.0. The number of carboxylic acid groups (broad SMARTS) is 1. The minimum absolute atomic E-state index is 0.0709. The Kier molecular flexibility index (Phi) is 10.3. The molecule has 2 aromatic rings. The Bertz CT molecular complexity index is 1080. The molecule has 1 amide bonds. The van der Waals surface area contributed by atoms with E-state index in [9.17, 15) is 14.7 Å². The number of benzene rings is 2. The topological polar surface area (TPSA) is 88.5 Å². The fourth-order valence-electron chi connectivity index (χ4n) is 6.39. The monoisotopic (exact) mass is 564 g/mol. The van der Waals surface area contributed by atoms with Crippen LogP contribution in [0.3, 0.4) is 0 Å². The largest absolute Gasteiger partial charge is 0.494 e. The van der Waals surface area contributed by atoms with E-state index < -0.39 is 11.4 Å². The quantitative estimate of drug-likeness (QED) is 0.430. The van der Waals surface area contributed by atoms with E-state index in [1.807, 2.05) is 42.5 Å². The van der Waals surface area contributed by atoms with E-state index in [4.69, 9.17) is 14.2 Å². The first-order chi connectivity index (χ1) is 20.0. The summed E-state index contributed by atoms with van der Waals surface area (Å²) in [6.45, 7) is 6.95. The predicted molar refractivity (Wildman–Crippen MR) is 156 cm³/mol. The molecule has 5 aliphatic rings. The van der Waals surface area contributed by atoms with Crippen molar-refractivity contribution in [3.05, 3.63) is 65.7 Å². The zero-order chi connectivity index (χ0) is 28.5. The third-order valence-corrected chi connectivity index (χ3v) is 9.10. The molecular weight excluding hydrogens is 520 g/mol. The van der Waals surface area contributed by atoms with Crippen LogP contribution < -0.4 is 4.74 Å². The lowest BCUT2D eigenvalue weighted by Crippen LogP contribution is -2.49. The second kappa shape index (κ2) is 14.3. The number of ether oxygens (including phenoxy) is 3. The van der Waals surface area contributed by atoms with Crippen LogP contribution in [-0.4, -0.2) is 85.6 Å². The van der Waals surface area contributed by atoms with E-state index in [1.54, 1.807) is 17.0 Å². The molecule has 2 aromatic carbocycles. The van der Waals surface area contributed by atoms with Crippen molar-refractivity contribution < 1.29 is 28.9 Å². The maximum Gasteiger partial charge on any atom is 0.314 e. The highest BCUT2D eigenvalue weighted by molar-refractivity contribution is 5.94. The molecule has 2 bridgehead atoms. The minimum atomic E-state index is -0.939. The Morgan fingerprint density at radius 1 is 0.854 bits per heavy atom. The first kappa shape index (κ1) is 29.5. The normalized spacial score (nSPS) is 23.5. The van der Waals surface area contributed by atoms with E-state index in [0.717, 1.165) is 36.5 Å². The van der Waals surface area contributed by atoms with Gasteiger partial charge >= 0.3 is 5.97 Å². The minimum Gasteiger partial charge on any atom is -0.494 e. The number of likely N-dealkylation sites (tertiary alicyclic amines) is 1. The van der Waals surface area contributed by atoms with Gasteiger partial charge in [-0.25, -0.2) is 0 Å². The molecule has 8 nitrogen and oxygen atoms in total. The Morgan fingerprint density at radius 2 is 1.49 bits per heavy atom. The number of carbonyl (C=O) groups is 2. The molecule has 1 N–H and O–H groups in total. The van der Waals surface area contributed by atoms with Gasteiger partial charge in [-0.15, -0.1) is 0 Å². The first-order valence-corrected chi connectivity index (χ1v) is 15.3. The lowest BCUT2D eigenvalue weighted by Gasteiger charge is -2.39. The van der Waals surface area contributed by atoms with Crippen LogP contribution in [0.15, 0.2) is 54.6 Å². The highest BCUT2D eigenvalue weighted by Crippen LogP contribution is 2.36. The van der Waals surface area contributed by atoms with Crippen molar-refractivity contribution in [1.82, 2.24) is 9.80 Å². The smallest absolute Gasteiger partial charge is 0.314 e.